The van der Waals surface area contributed by atoms with E-state index in [0.29, 0.717) is 18.5 Å². The number of aryl methyl sites for hydroxylation is 1. The number of aromatic nitrogens is 2. The van der Waals surface area contributed by atoms with Crippen LogP contribution in [0.4, 0.5) is 0 Å². The predicted molar refractivity (Wildman–Crippen MR) is 172 cm³/mol. The molecule has 3 aliphatic rings. The summed E-state index contributed by atoms with van der Waals surface area (Å²) in [6.07, 6.45) is 14.8. The number of nitrogens with one attached hydrogen (secondary N) is 1. The average molecular weight is 619 g/mol. The van der Waals surface area contributed by atoms with Crippen LogP contribution in [0.1, 0.15) is 99.3 Å². The Morgan fingerprint density at radius 3 is 2.45 bits per heavy atom. The van der Waals surface area contributed by atoms with Crippen molar-refractivity contribution >= 4 is 16.1 Å². The van der Waals surface area contributed by atoms with Gasteiger partial charge in [-0.1, -0.05) is 49.6 Å². The summed E-state index contributed by atoms with van der Waals surface area (Å²) in [6, 6.07) is 15.0. The van der Waals surface area contributed by atoms with Gasteiger partial charge in [0.2, 0.25) is 5.91 Å². The molecule has 3 aromatic rings. The molecule has 0 saturated heterocycles. The van der Waals surface area contributed by atoms with Crippen molar-refractivity contribution in [2.45, 2.75) is 96.1 Å². The van der Waals surface area contributed by atoms with E-state index in [4.69, 9.17) is 4.74 Å². The lowest BCUT2D eigenvalue weighted by Crippen LogP contribution is -2.47. The van der Waals surface area contributed by atoms with Gasteiger partial charge in [-0.05, 0) is 105 Å². The molecule has 236 valence electrons. The zero-order valence-corrected chi connectivity index (χ0v) is 26.9. The number of benzene rings is 2. The molecule has 0 bridgehead atoms. The van der Waals surface area contributed by atoms with Crippen LogP contribution in [-0.4, -0.2) is 42.1 Å². The summed E-state index contributed by atoms with van der Waals surface area (Å²) >= 11 is 0. The van der Waals surface area contributed by atoms with Crippen LogP contribution in [0.5, 0.6) is 5.75 Å². The summed E-state index contributed by atoms with van der Waals surface area (Å²) < 4.78 is 39.2. The van der Waals surface area contributed by atoms with Crippen molar-refractivity contribution in [2.24, 2.45) is 11.8 Å². The van der Waals surface area contributed by atoms with Gasteiger partial charge in [0.15, 0.2) is 0 Å². The Labute approximate surface area is 262 Å². The first-order chi connectivity index (χ1) is 21.3. The first-order valence-corrected chi connectivity index (χ1v) is 17.8. The Bertz CT molecular complexity index is 1550. The van der Waals surface area contributed by atoms with Crippen LogP contribution in [0.25, 0.3) is 11.1 Å². The van der Waals surface area contributed by atoms with E-state index in [0.717, 1.165) is 85.8 Å². The lowest BCUT2D eigenvalue weighted by atomic mass is 9.78. The van der Waals surface area contributed by atoms with Gasteiger partial charge in [-0.15, -0.1) is 0 Å². The Morgan fingerprint density at radius 1 is 0.977 bits per heavy atom. The van der Waals surface area contributed by atoms with E-state index in [-0.39, 0.29) is 24.3 Å². The quantitative estimate of drug-likeness (QED) is 0.252. The number of nitrogens with zero attached hydrogens (tertiary/aromatic N) is 3. The van der Waals surface area contributed by atoms with Crippen molar-refractivity contribution in [2.75, 3.05) is 13.7 Å². The second-order valence-electron chi connectivity index (χ2n) is 13.2. The lowest BCUT2D eigenvalue weighted by Gasteiger charge is -2.33. The molecule has 2 aromatic carbocycles. The van der Waals surface area contributed by atoms with Crippen LogP contribution in [0.3, 0.4) is 0 Å². The number of carbonyl (C=O) groups is 1. The number of hydrogen-bond acceptors (Lipinski definition) is 5. The molecule has 3 aliphatic carbocycles. The number of hydrogen-bond donors (Lipinski definition) is 1. The summed E-state index contributed by atoms with van der Waals surface area (Å²) in [5.41, 5.74) is 5.42. The van der Waals surface area contributed by atoms with Crippen LogP contribution in [0.2, 0.25) is 0 Å². The van der Waals surface area contributed by atoms with Crippen molar-refractivity contribution in [3.8, 4) is 16.9 Å². The molecule has 0 spiro atoms. The Kier molecular flexibility index (Phi) is 9.42. The average Bonchev–Trinajstić information content (AvgIpc) is 3.77. The number of amides is 1. The van der Waals surface area contributed by atoms with E-state index in [9.17, 15) is 13.2 Å². The predicted octanol–water partition coefficient (Wildman–Crippen LogP) is 6.92. The van der Waals surface area contributed by atoms with Gasteiger partial charge in [0.05, 0.1) is 19.3 Å². The molecule has 3 fully saturated rings. The minimum absolute atomic E-state index is 0.218. The van der Waals surface area contributed by atoms with E-state index in [1.54, 1.807) is 7.11 Å². The smallest absolute Gasteiger partial charge is 0.304 e. The molecular weight excluding hydrogens is 572 g/mol. The maximum Gasteiger partial charge on any atom is 0.304 e. The molecule has 1 N–H and O–H groups in total. The largest absolute Gasteiger partial charge is 0.496 e. The van der Waals surface area contributed by atoms with Crippen molar-refractivity contribution in [3.05, 3.63) is 71.5 Å². The van der Waals surface area contributed by atoms with Crippen LogP contribution >= 0.6 is 0 Å². The van der Waals surface area contributed by atoms with Crippen molar-refractivity contribution in [1.29, 1.82) is 0 Å². The zero-order valence-electron chi connectivity index (χ0n) is 26.1. The molecule has 1 heterocycles. The fourth-order valence-electron chi connectivity index (χ4n) is 7.09. The van der Waals surface area contributed by atoms with Gasteiger partial charge in [-0.3, -0.25) is 9.48 Å². The van der Waals surface area contributed by atoms with Gasteiger partial charge >= 0.3 is 10.2 Å². The third kappa shape index (κ3) is 7.37. The van der Waals surface area contributed by atoms with Crippen LogP contribution in [0.15, 0.2) is 54.9 Å². The van der Waals surface area contributed by atoms with E-state index < -0.39 is 10.2 Å². The molecule has 9 heteroatoms. The Morgan fingerprint density at radius 2 is 1.75 bits per heavy atom. The van der Waals surface area contributed by atoms with E-state index in [2.05, 4.69) is 41.1 Å². The monoisotopic (exact) mass is 618 g/mol. The first-order valence-electron chi connectivity index (χ1n) is 16.4. The molecule has 1 aromatic heterocycles. The van der Waals surface area contributed by atoms with E-state index >= 15 is 0 Å². The van der Waals surface area contributed by atoms with Crippen LogP contribution in [0, 0.1) is 18.8 Å². The first kappa shape index (κ1) is 30.8. The van der Waals surface area contributed by atoms with Crippen molar-refractivity contribution in [3.63, 3.8) is 0 Å². The van der Waals surface area contributed by atoms with Gasteiger partial charge in [-0.25, -0.2) is 4.72 Å². The normalized spacial score (nSPS) is 21.3. The van der Waals surface area contributed by atoms with Crippen molar-refractivity contribution < 1.29 is 17.9 Å². The fourth-order valence-corrected chi connectivity index (χ4v) is 8.36. The summed E-state index contributed by atoms with van der Waals surface area (Å²) in [4.78, 5) is 13.1. The molecule has 6 rings (SSSR count). The fraction of sp³-hybridized carbons (Fsp3) is 0.543. The summed E-state index contributed by atoms with van der Waals surface area (Å²) in [6.45, 7) is 2.69. The van der Waals surface area contributed by atoms with Crippen LogP contribution in [-0.2, 0) is 21.5 Å². The molecule has 1 amide bonds. The summed E-state index contributed by atoms with van der Waals surface area (Å²) in [5.74, 6) is 1.01. The zero-order chi connectivity index (χ0) is 30.7. The third-order valence-electron chi connectivity index (χ3n) is 9.89. The molecule has 8 nitrogen and oxygen atoms in total. The molecule has 0 radical (unpaired) electrons. The summed E-state index contributed by atoms with van der Waals surface area (Å²) in [5, 5.41) is 4.54. The van der Waals surface area contributed by atoms with Gasteiger partial charge in [0.1, 0.15) is 5.75 Å². The minimum Gasteiger partial charge on any atom is -0.496 e. The van der Waals surface area contributed by atoms with Crippen molar-refractivity contribution in [1.82, 2.24) is 18.8 Å². The van der Waals surface area contributed by atoms with Crippen LogP contribution < -0.4 is 9.46 Å². The molecule has 0 unspecified atom stereocenters. The Balaban J connectivity index is 1.17. The number of carbonyl (C=O) groups excluding carboxylic acids is 1. The van der Waals surface area contributed by atoms with Gasteiger partial charge in [0, 0.05) is 30.8 Å². The highest BCUT2D eigenvalue weighted by Crippen LogP contribution is 2.38. The molecule has 3 saturated carbocycles. The molecule has 0 atom stereocenters. The van der Waals surface area contributed by atoms with Gasteiger partial charge in [0.25, 0.3) is 0 Å². The maximum atomic E-state index is 13.9. The summed E-state index contributed by atoms with van der Waals surface area (Å²) in [7, 11) is -2.32. The second kappa shape index (κ2) is 13.4. The number of methoxy groups -OCH3 is 1. The van der Waals surface area contributed by atoms with E-state index in [1.165, 1.54) is 22.7 Å². The maximum absolute atomic E-state index is 13.9. The second-order valence-corrected chi connectivity index (χ2v) is 14.9. The molecular formula is C35H46N4O4S. The topological polar surface area (TPSA) is 93.5 Å². The SMILES string of the molecule is COc1ccc(C2CCC(CN(Cc3cccc(-c4cnn(C5CC5)c4)c3)S(=O)(=O)NC(=O)C3CCCCC3)CC2)cc1C. The third-order valence-corrected chi connectivity index (χ3v) is 11.3. The standard InChI is InChI=1S/C35H46N4O4S/c1-25-19-31(15-18-34(25)43-2)28-13-11-26(12-14-28)22-38(44(41,42)37-35(40)29-8-4-3-5-9-29)23-27-7-6-10-30(20-27)32-21-36-39(24-32)33-16-17-33/h6-7,10,15,18-21,24,26,28-29,33H,3-5,8-9,11-14,16-17,22-23H2,1-2H3,(H,37,40). The van der Waals surface area contributed by atoms with Gasteiger partial charge < -0.3 is 4.74 Å². The molecule has 0 aliphatic heterocycles. The molecule has 44 heavy (non-hydrogen) atoms. The highest BCUT2D eigenvalue weighted by molar-refractivity contribution is 7.87. The highest BCUT2D eigenvalue weighted by Gasteiger charge is 2.32. The number of rotatable bonds is 11. The van der Waals surface area contributed by atoms with E-state index in [1.807, 2.05) is 35.1 Å². The minimum atomic E-state index is -4.02. The lowest BCUT2D eigenvalue weighted by molar-refractivity contribution is -0.124. The Hall–Kier alpha value is -3.17. The number of ether oxygens (including phenoxy) is 1. The van der Waals surface area contributed by atoms with Gasteiger partial charge in [-0.2, -0.15) is 17.8 Å². The highest BCUT2D eigenvalue weighted by atomic mass is 32.2.